The third-order valence-electron chi connectivity index (χ3n) is 6.60. The van der Waals surface area contributed by atoms with E-state index in [1.165, 1.54) is 19.3 Å². The summed E-state index contributed by atoms with van der Waals surface area (Å²) in [6, 6.07) is 8.51. The van der Waals surface area contributed by atoms with Gasteiger partial charge in [0, 0.05) is 44.2 Å². The van der Waals surface area contributed by atoms with Gasteiger partial charge in [0.25, 0.3) is 0 Å². The molecule has 1 amide bonds. The van der Waals surface area contributed by atoms with Crippen LogP contribution in [0.5, 0.6) is 5.75 Å². The maximum atomic E-state index is 12.8. The van der Waals surface area contributed by atoms with Crippen molar-refractivity contribution >= 4 is 11.9 Å². The number of methoxy groups -OCH3 is 1. The Labute approximate surface area is 187 Å². The molecule has 1 aromatic carbocycles. The van der Waals surface area contributed by atoms with Gasteiger partial charge in [-0.05, 0) is 39.4 Å². The van der Waals surface area contributed by atoms with Gasteiger partial charge in [0.1, 0.15) is 5.75 Å². The summed E-state index contributed by atoms with van der Waals surface area (Å²) >= 11 is 0. The molecule has 2 aliphatic rings. The number of amides is 1. The second-order valence-electron chi connectivity index (χ2n) is 8.92. The van der Waals surface area contributed by atoms with Crippen molar-refractivity contribution in [2.24, 2.45) is 10.9 Å². The number of aliphatic imine (C=N–C) groups is 1. The molecule has 31 heavy (non-hydrogen) atoms. The van der Waals surface area contributed by atoms with E-state index in [0.717, 1.165) is 49.6 Å². The third kappa shape index (κ3) is 6.12. The van der Waals surface area contributed by atoms with Crippen molar-refractivity contribution in [3.63, 3.8) is 0 Å². The minimum atomic E-state index is 0.141. The number of guanidine groups is 1. The zero-order valence-electron chi connectivity index (χ0n) is 19.6. The lowest BCUT2D eigenvalue weighted by atomic mass is 9.88. The van der Waals surface area contributed by atoms with Crippen LogP contribution < -0.4 is 15.4 Å². The smallest absolute Gasteiger partial charge is 0.225 e. The van der Waals surface area contributed by atoms with Crippen molar-refractivity contribution < 1.29 is 9.53 Å². The van der Waals surface area contributed by atoms with E-state index in [4.69, 9.17) is 4.74 Å². The van der Waals surface area contributed by atoms with Gasteiger partial charge in [-0.25, -0.2) is 0 Å². The van der Waals surface area contributed by atoms with Gasteiger partial charge in [-0.15, -0.1) is 0 Å². The van der Waals surface area contributed by atoms with Gasteiger partial charge in [0.15, 0.2) is 5.96 Å². The minimum Gasteiger partial charge on any atom is -0.496 e. The van der Waals surface area contributed by atoms with Crippen LogP contribution >= 0.6 is 0 Å². The Bertz CT molecular complexity index is 745. The molecule has 2 atom stereocenters. The molecule has 2 N–H and O–H groups in total. The number of benzene rings is 1. The first-order valence-electron chi connectivity index (χ1n) is 11.6. The molecular weight excluding hydrogens is 390 g/mol. The van der Waals surface area contributed by atoms with Crippen molar-refractivity contribution in [2.45, 2.75) is 50.6 Å². The molecule has 1 heterocycles. The SMILES string of the molecule is CN=C(NCC(c1ccccc1OC)N(C)C)NC1CCN(C(=O)C2CCCCC2)C1. The lowest BCUT2D eigenvalue weighted by Gasteiger charge is -2.28. The van der Waals surface area contributed by atoms with E-state index >= 15 is 0 Å². The largest absolute Gasteiger partial charge is 0.496 e. The zero-order chi connectivity index (χ0) is 22.2. The number of carbonyl (C=O) groups excluding carboxylic acids is 1. The normalized spacial score (nSPS) is 21.3. The lowest BCUT2D eigenvalue weighted by Crippen LogP contribution is -2.47. The molecule has 1 aliphatic carbocycles. The van der Waals surface area contributed by atoms with Crippen LogP contribution in [0, 0.1) is 5.92 Å². The molecule has 1 saturated carbocycles. The molecular formula is C24H39N5O2. The highest BCUT2D eigenvalue weighted by molar-refractivity contribution is 5.81. The van der Waals surface area contributed by atoms with Gasteiger partial charge in [-0.3, -0.25) is 9.79 Å². The van der Waals surface area contributed by atoms with E-state index in [2.05, 4.69) is 45.6 Å². The summed E-state index contributed by atoms with van der Waals surface area (Å²) in [5, 5.41) is 7.00. The first-order valence-corrected chi connectivity index (χ1v) is 11.6. The van der Waals surface area contributed by atoms with Gasteiger partial charge >= 0.3 is 0 Å². The Hall–Kier alpha value is -2.28. The Morgan fingerprint density at radius 2 is 1.97 bits per heavy atom. The first kappa shape index (κ1) is 23.4. The average Bonchev–Trinajstić information content (AvgIpc) is 3.27. The molecule has 7 nitrogen and oxygen atoms in total. The van der Waals surface area contributed by atoms with Crippen molar-refractivity contribution in [3.05, 3.63) is 29.8 Å². The van der Waals surface area contributed by atoms with E-state index in [-0.39, 0.29) is 18.0 Å². The van der Waals surface area contributed by atoms with Gasteiger partial charge in [0.05, 0.1) is 13.2 Å². The van der Waals surface area contributed by atoms with Gasteiger partial charge < -0.3 is 25.2 Å². The predicted molar refractivity (Wildman–Crippen MR) is 125 cm³/mol. The van der Waals surface area contributed by atoms with Crippen LogP contribution in [0.25, 0.3) is 0 Å². The number of nitrogens with zero attached hydrogens (tertiary/aromatic N) is 3. The summed E-state index contributed by atoms with van der Waals surface area (Å²) in [5.74, 6) is 2.26. The Kier molecular flexibility index (Phi) is 8.58. The number of likely N-dealkylation sites (N-methyl/N-ethyl adjacent to an activating group) is 1. The van der Waals surface area contributed by atoms with Crippen LogP contribution in [0.1, 0.15) is 50.1 Å². The maximum Gasteiger partial charge on any atom is 0.225 e. The van der Waals surface area contributed by atoms with E-state index in [0.29, 0.717) is 12.5 Å². The monoisotopic (exact) mass is 429 g/mol. The first-order chi connectivity index (χ1) is 15.0. The summed E-state index contributed by atoms with van der Waals surface area (Å²) in [7, 11) is 7.64. The highest BCUT2D eigenvalue weighted by atomic mass is 16.5. The van der Waals surface area contributed by atoms with Crippen LogP contribution in [-0.2, 0) is 4.79 Å². The highest BCUT2D eigenvalue weighted by Crippen LogP contribution is 2.28. The fourth-order valence-electron chi connectivity index (χ4n) is 4.78. The Morgan fingerprint density at radius 1 is 1.23 bits per heavy atom. The fourth-order valence-corrected chi connectivity index (χ4v) is 4.78. The van der Waals surface area contributed by atoms with Crippen LogP contribution in [0.15, 0.2) is 29.3 Å². The summed E-state index contributed by atoms with van der Waals surface area (Å²) in [5.41, 5.74) is 1.14. The summed E-state index contributed by atoms with van der Waals surface area (Å²) in [6.07, 6.45) is 6.75. The average molecular weight is 430 g/mol. The summed E-state index contributed by atoms with van der Waals surface area (Å²) in [6.45, 7) is 2.30. The zero-order valence-corrected chi connectivity index (χ0v) is 19.6. The molecule has 1 saturated heterocycles. The molecule has 0 radical (unpaired) electrons. The van der Waals surface area contributed by atoms with Crippen LogP contribution in [0.4, 0.5) is 0 Å². The molecule has 0 aromatic heterocycles. The summed E-state index contributed by atoms with van der Waals surface area (Å²) < 4.78 is 5.56. The number of para-hydroxylation sites is 1. The highest BCUT2D eigenvalue weighted by Gasteiger charge is 2.32. The molecule has 2 fully saturated rings. The maximum absolute atomic E-state index is 12.8. The number of likely N-dealkylation sites (tertiary alicyclic amines) is 1. The van der Waals surface area contributed by atoms with Gasteiger partial charge in [0.2, 0.25) is 5.91 Å². The van der Waals surface area contributed by atoms with Crippen LogP contribution in [0.2, 0.25) is 0 Å². The lowest BCUT2D eigenvalue weighted by molar-refractivity contribution is -0.135. The number of nitrogens with one attached hydrogen (secondary N) is 2. The van der Waals surface area contributed by atoms with E-state index in [1.807, 2.05) is 18.2 Å². The van der Waals surface area contributed by atoms with E-state index < -0.39 is 0 Å². The van der Waals surface area contributed by atoms with Crippen molar-refractivity contribution in [1.29, 1.82) is 0 Å². The fraction of sp³-hybridized carbons (Fsp3) is 0.667. The minimum absolute atomic E-state index is 0.141. The molecule has 1 aliphatic heterocycles. The number of rotatable bonds is 7. The number of carbonyl (C=O) groups is 1. The van der Waals surface area contributed by atoms with Crippen molar-refractivity contribution in [3.8, 4) is 5.75 Å². The second kappa shape index (κ2) is 11.4. The quantitative estimate of drug-likeness (QED) is 0.515. The third-order valence-corrected chi connectivity index (χ3v) is 6.60. The summed E-state index contributed by atoms with van der Waals surface area (Å²) in [4.78, 5) is 21.5. The van der Waals surface area contributed by atoms with Crippen LogP contribution in [0.3, 0.4) is 0 Å². The van der Waals surface area contributed by atoms with Crippen molar-refractivity contribution in [1.82, 2.24) is 20.4 Å². The van der Waals surface area contributed by atoms with Gasteiger partial charge in [-0.1, -0.05) is 37.5 Å². The standard InChI is InChI=1S/C24H39N5O2/c1-25-24(26-16-21(28(2)3)20-12-8-9-13-22(20)31-4)27-19-14-15-29(17-19)23(30)18-10-6-5-7-11-18/h8-9,12-13,18-19,21H,5-7,10-11,14-17H2,1-4H3,(H2,25,26,27). The number of ether oxygens (including phenoxy) is 1. The molecule has 7 heteroatoms. The topological polar surface area (TPSA) is 69.2 Å². The van der Waals surface area contributed by atoms with E-state index in [1.54, 1.807) is 14.2 Å². The van der Waals surface area contributed by atoms with Gasteiger partial charge in [-0.2, -0.15) is 0 Å². The molecule has 0 spiro atoms. The number of hydrogen-bond donors (Lipinski definition) is 2. The Balaban J connectivity index is 1.53. The Morgan fingerprint density at radius 3 is 2.65 bits per heavy atom. The molecule has 2 unspecified atom stereocenters. The van der Waals surface area contributed by atoms with Crippen molar-refractivity contribution in [2.75, 3.05) is 47.9 Å². The van der Waals surface area contributed by atoms with Crippen LogP contribution in [-0.4, -0.2) is 75.6 Å². The predicted octanol–water partition coefficient (Wildman–Crippen LogP) is 2.64. The van der Waals surface area contributed by atoms with E-state index in [9.17, 15) is 4.79 Å². The molecule has 3 rings (SSSR count). The molecule has 0 bridgehead atoms. The molecule has 172 valence electrons. The second-order valence-corrected chi connectivity index (χ2v) is 8.92. The molecule has 1 aromatic rings. The number of hydrogen-bond acceptors (Lipinski definition) is 4.